The second-order valence-corrected chi connectivity index (χ2v) is 8.76. The van der Waals surface area contributed by atoms with Gasteiger partial charge in [0, 0.05) is 17.8 Å². The molecule has 8 heteroatoms. The summed E-state index contributed by atoms with van der Waals surface area (Å²) in [6, 6.07) is 0. The predicted molar refractivity (Wildman–Crippen MR) is 115 cm³/mol. The summed E-state index contributed by atoms with van der Waals surface area (Å²) >= 11 is 2.81. The molecule has 0 aromatic carbocycles. The number of carbonyl (C=O) groups is 2. The molecule has 0 saturated carbocycles. The first-order chi connectivity index (χ1) is 13.4. The summed E-state index contributed by atoms with van der Waals surface area (Å²) < 4.78 is 5.10. The van der Waals surface area contributed by atoms with Crippen LogP contribution in [-0.4, -0.2) is 35.0 Å². The molecule has 0 N–H and O–H groups in total. The molecule has 0 fully saturated rings. The quantitative estimate of drug-likeness (QED) is 0.398. The van der Waals surface area contributed by atoms with E-state index in [4.69, 9.17) is 4.74 Å². The number of hydrogen-bond donors (Lipinski definition) is 0. The lowest BCUT2D eigenvalue weighted by Gasteiger charge is -2.19. The molecule has 0 unspecified atom stereocenters. The molecule has 0 radical (unpaired) electrons. The maximum Gasteiger partial charge on any atom is 0.350 e. The van der Waals surface area contributed by atoms with Gasteiger partial charge in [0.05, 0.1) is 29.4 Å². The molecule has 0 aliphatic rings. The maximum absolute atomic E-state index is 13.0. The average molecular weight is 424 g/mol. The number of rotatable bonds is 10. The summed E-state index contributed by atoms with van der Waals surface area (Å²) in [6.07, 6.45) is 3.23. The van der Waals surface area contributed by atoms with Gasteiger partial charge in [-0.1, -0.05) is 44.9 Å². The summed E-state index contributed by atoms with van der Waals surface area (Å²) in [4.78, 5) is 36.4. The third-order valence-corrected chi connectivity index (χ3v) is 6.51. The van der Waals surface area contributed by atoms with E-state index < -0.39 is 0 Å². The number of ether oxygens (including phenoxy) is 1. The van der Waals surface area contributed by atoms with Gasteiger partial charge in [-0.2, -0.15) is 0 Å². The van der Waals surface area contributed by atoms with Gasteiger partial charge in [0.15, 0.2) is 5.13 Å². The van der Waals surface area contributed by atoms with Crippen LogP contribution in [0.25, 0.3) is 0 Å². The highest BCUT2D eigenvalue weighted by Gasteiger charge is 2.24. The van der Waals surface area contributed by atoms with Crippen molar-refractivity contribution in [2.24, 2.45) is 0 Å². The molecule has 6 nitrogen and oxygen atoms in total. The topological polar surface area (TPSA) is 72.4 Å². The summed E-state index contributed by atoms with van der Waals surface area (Å²) in [6.45, 7) is 10.8. The molecular formula is C20H29N3O3S2. The van der Waals surface area contributed by atoms with Crippen molar-refractivity contribution < 1.29 is 14.3 Å². The fraction of sp³-hybridized carbons (Fsp3) is 0.600. The first kappa shape index (κ1) is 22.5. The molecule has 0 atom stereocenters. The maximum atomic E-state index is 13.0. The molecule has 2 aromatic heterocycles. The lowest BCUT2D eigenvalue weighted by atomic mass is 10.2. The van der Waals surface area contributed by atoms with Crippen molar-refractivity contribution in [2.45, 2.75) is 66.2 Å². The molecule has 0 aliphatic heterocycles. The summed E-state index contributed by atoms with van der Waals surface area (Å²) in [5.74, 6) is -0.0742. The van der Waals surface area contributed by atoms with Crippen LogP contribution < -0.4 is 4.90 Å². The number of nitrogens with zero attached hydrogens (tertiary/aromatic N) is 3. The zero-order chi connectivity index (χ0) is 20.7. The zero-order valence-electron chi connectivity index (χ0n) is 17.3. The third-order valence-electron chi connectivity index (χ3n) is 4.16. The lowest BCUT2D eigenvalue weighted by Crippen LogP contribution is -2.33. The number of hydrogen-bond acceptors (Lipinski definition) is 7. The van der Waals surface area contributed by atoms with E-state index in [0.717, 1.165) is 30.0 Å². The third kappa shape index (κ3) is 5.85. The van der Waals surface area contributed by atoms with Crippen LogP contribution in [0.3, 0.4) is 0 Å². The molecule has 2 heterocycles. The molecular weight excluding hydrogens is 394 g/mol. The van der Waals surface area contributed by atoms with Crippen LogP contribution >= 0.6 is 22.7 Å². The molecule has 2 aromatic rings. The highest BCUT2D eigenvalue weighted by Crippen LogP contribution is 2.28. The van der Waals surface area contributed by atoms with Gasteiger partial charge in [-0.05, 0) is 20.3 Å². The molecule has 0 spiro atoms. The Hall–Kier alpha value is -1.80. The SMILES string of the molecule is CCCCCN(C(=O)Cc1csc(C(C)C)n1)c1nc(C)c(C(=O)OCC)s1. The smallest absolute Gasteiger partial charge is 0.350 e. The number of aryl methyl sites for hydroxylation is 1. The molecule has 28 heavy (non-hydrogen) atoms. The molecule has 1 amide bonds. The molecule has 154 valence electrons. The van der Waals surface area contributed by atoms with E-state index in [0.29, 0.717) is 34.8 Å². The second-order valence-electron chi connectivity index (χ2n) is 6.89. The van der Waals surface area contributed by atoms with Crippen molar-refractivity contribution in [3.8, 4) is 0 Å². The number of aromatic nitrogens is 2. The fourth-order valence-corrected chi connectivity index (χ4v) is 4.49. The van der Waals surface area contributed by atoms with Crippen LogP contribution in [0.5, 0.6) is 0 Å². The standard InChI is InChI=1S/C20H29N3O3S2/c1-6-8-9-10-23(16(24)11-15-12-27-18(22-15)13(3)4)20-21-14(5)17(28-20)19(25)26-7-2/h12-13H,6-11H2,1-5H3. The summed E-state index contributed by atoms with van der Waals surface area (Å²) in [7, 11) is 0. The minimum Gasteiger partial charge on any atom is -0.462 e. The Labute approximate surface area is 175 Å². The molecule has 0 saturated heterocycles. The Morgan fingerprint density at radius 1 is 1.21 bits per heavy atom. The number of anilines is 1. The van der Waals surface area contributed by atoms with E-state index >= 15 is 0 Å². The van der Waals surface area contributed by atoms with Crippen molar-refractivity contribution in [2.75, 3.05) is 18.1 Å². The van der Waals surface area contributed by atoms with Crippen molar-refractivity contribution in [1.29, 1.82) is 0 Å². The zero-order valence-corrected chi connectivity index (χ0v) is 18.9. The van der Waals surface area contributed by atoms with Crippen LogP contribution in [0.15, 0.2) is 5.38 Å². The van der Waals surface area contributed by atoms with Crippen LogP contribution in [-0.2, 0) is 16.0 Å². The summed E-state index contributed by atoms with van der Waals surface area (Å²) in [5, 5.41) is 3.55. The lowest BCUT2D eigenvalue weighted by molar-refractivity contribution is -0.118. The van der Waals surface area contributed by atoms with Crippen molar-refractivity contribution in [3.63, 3.8) is 0 Å². The fourth-order valence-electron chi connectivity index (χ4n) is 2.65. The van der Waals surface area contributed by atoms with Crippen LogP contribution in [0, 0.1) is 6.92 Å². The Bertz CT molecular complexity index is 798. The Balaban J connectivity index is 2.21. The highest BCUT2D eigenvalue weighted by atomic mass is 32.1. The number of unbranched alkanes of at least 4 members (excludes halogenated alkanes) is 2. The van der Waals surface area contributed by atoms with Crippen LogP contribution in [0.4, 0.5) is 5.13 Å². The predicted octanol–water partition coefficient (Wildman–Crippen LogP) is 4.97. The van der Waals surface area contributed by atoms with Crippen molar-refractivity contribution >= 4 is 39.7 Å². The average Bonchev–Trinajstić information content (AvgIpc) is 3.25. The van der Waals surface area contributed by atoms with Gasteiger partial charge in [-0.3, -0.25) is 9.69 Å². The minimum absolute atomic E-state index is 0.0409. The van der Waals surface area contributed by atoms with Gasteiger partial charge in [0.1, 0.15) is 4.88 Å². The monoisotopic (exact) mass is 423 g/mol. The van der Waals surface area contributed by atoms with E-state index in [2.05, 4.69) is 30.7 Å². The van der Waals surface area contributed by atoms with Crippen LogP contribution in [0.2, 0.25) is 0 Å². The van der Waals surface area contributed by atoms with E-state index in [1.807, 2.05) is 5.38 Å². The first-order valence-corrected chi connectivity index (χ1v) is 11.5. The van der Waals surface area contributed by atoms with Gasteiger partial charge in [-0.15, -0.1) is 11.3 Å². The highest BCUT2D eigenvalue weighted by molar-refractivity contribution is 7.17. The molecule has 2 rings (SSSR count). The number of esters is 1. The van der Waals surface area contributed by atoms with Crippen molar-refractivity contribution in [3.05, 3.63) is 26.7 Å². The van der Waals surface area contributed by atoms with Gasteiger partial charge >= 0.3 is 5.97 Å². The van der Waals surface area contributed by atoms with E-state index in [-0.39, 0.29) is 18.3 Å². The molecule has 0 bridgehead atoms. The van der Waals surface area contributed by atoms with E-state index in [1.54, 1.807) is 30.1 Å². The summed E-state index contributed by atoms with van der Waals surface area (Å²) in [5.41, 5.74) is 1.39. The van der Waals surface area contributed by atoms with Gasteiger partial charge < -0.3 is 4.74 Å². The van der Waals surface area contributed by atoms with Crippen molar-refractivity contribution in [1.82, 2.24) is 9.97 Å². The van der Waals surface area contributed by atoms with E-state index in [9.17, 15) is 9.59 Å². The Kier molecular flexibility index (Phi) is 8.57. The largest absolute Gasteiger partial charge is 0.462 e. The Morgan fingerprint density at radius 2 is 1.96 bits per heavy atom. The number of amides is 1. The number of thiazole rings is 2. The Morgan fingerprint density at radius 3 is 2.57 bits per heavy atom. The second kappa shape index (κ2) is 10.7. The van der Waals surface area contributed by atoms with Gasteiger partial charge in [-0.25, -0.2) is 14.8 Å². The van der Waals surface area contributed by atoms with Crippen LogP contribution in [0.1, 0.15) is 78.9 Å². The molecule has 0 aliphatic carbocycles. The first-order valence-electron chi connectivity index (χ1n) is 9.76. The van der Waals surface area contributed by atoms with E-state index in [1.165, 1.54) is 11.3 Å². The minimum atomic E-state index is -0.384. The van der Waals surface area contributed by atoms with Gasteiger partial charge in [0.25, 0.3) is 0 Å². The number of carbonyl (C=O) groups excluding carboxylic acids is 2. The normalized spacial score (nSPS) is 11.1. The van der Waals surface area contributed by atoms with Gasteiger partial charge in [0.2, 0.25) is 5.91 Å².